The molecule has 0 spiro atoms. The van der Waals surface area contributed by atoms with Crippen LogP contribution in [0.2, 0.25) is 0 Å². The standard InChI is InChI=1S/C46H47N3O/c1-44(2,3)35-24-25-41-42(30-35)49(32-48(41)7)39-22-14-20-37(28-39)46(33-16-10-8-11-17-33,34-18-12-9-13-19-34)38-21-15-23-40(29-38)50-43-31-36(26-27-47-43)45(4,5)6/h8-31H,32H2,1-7H3/i7D3. The van der Waals surface area contributed by atoms with Gasteiger partial charge in [-0.3, -0.25) is 0 Å². The minimum atomic E-state index is -2.30. The highest BCUT2D eigenvalue weighted by Gasteiger charge is 2.39. The molecule has 1 aliphatic rings. The molecular weight excluding hydrogens is 611 g/mol. The number of hydrogen-bond acceptors (Lipinski definition) is 4. The van der Waals surface area contributed by atoms with Crippen LogP contribution >= 0.6 is 0 Å². The summed E-state index contributed by atoms with van der Waals surface area (Å²) in [4.78, 5) is 8.22. The maximum absolute atomic E-state index is 8.43. The van der Waals surface area contributed by atoms with Crippen LogP contribution < -0.4 is 14.5 Å². The molecule has 2 heterocycles. The van der Waals surface area contributed by atoms with Crippen molar-refractivity contribution in [2.45, 2.75) is 57.8 Å². The van der Waals surface area contributed by atoms with Gasteiger partial charge in [0, 0.05) is 29.0 Å². The maximum Gasteiger partial charge on any atom is 0.219 e. The molecule has 0 atom stereocenters. The molecule has 50 heavy (non-hydrogen) atoms. The molecule has 0 unspecified atom stereocenters. The Balaban J connectivity index is 1.42. The number of nitrogens with zero attached hydrogens (tertiary/aromatic N) is 3. The largest absolute Gasteiger partial charge is 0.439 e. The molecule has 1 aliphatic heterocycles. The Labute approximate surface area is 302 Å². The van der Waals surface area contributed by atoms with Crippen LogP contribution in [0.3, 0.4) is 0 Å². The molecule has 0 saturated heterocycles. The van der Waals surface area contributed by atoms with Gasteiger partial charge in [0.25, 0.3) is 0 Å². The fraction of sp³-hybridized carbons (Fsp3) is 0.239. The number of aromatic nitrogens is 1. The van der Waals surface area contributed by atoms with Crippen LogP contribution in [0.1, 0.15) is 79.0 Å². The van der Waals surface area contributed by atoms with Gasteiger partial charge in [0.05, 0.1) is 23.5 Å². The average Bonchev–Trinajstić information content (AvgIpc) is 3.53. The summed E-state index contributed by atoms with van der Waals surface area (Å²) in [5.74, 6) is 1.23. The van der Waals surface area contributed by atoms with Crippen molar-refractivity contribution in [3.05, 3.63) is 179 Å². The van der Waals surface area contributed by atoms with Crippen LogP contribution in [-0.4, -0.2) is 18.6 Å². The maximum atomic E-state index is 8.43. The van der Waals surface area contributed by atoms with Gasteiger partial charge in [-0.1, -0.05) is 133 Å². The van der Waals surface area contributed by atoms with E-state index in [-0.39, 0.29) is 17.5 Å². The highest BCUT2D eigenvalue weighted by atomic mass is 16.5. The molecule has 0 radical (unpaired) electrons. The van der Waals surface area contributed by atoms with E-state index in [0.717, 1.165) is 44.8 Å². The Hall–Kier alpha value is -5.35. The number of hydrogen-bond donors (Lipinski definition) is 0. The lowest BCUT2D eigenvalue weighted by molar-refractivity contribution is 0.457. The van der Waals surface area contributed by atoms with Crippen molar-refractivity contribution in [1.82, 2.24) is 4.98 Å². The molecule has 0 bridgehead atoms. The minimum absolute atomic E-state index is 0.0472. The molecule has 0 aliphatic carbocycles. The molecule has 4 heteroatoms. The van der Waals surface area contributed by atoms with E-state index in [2.05, 4.69) is 148 Å². The second kappa shape index (κ2) is 12.8. The van der Waals surface area contributed by atoms with Crippen LogP contribution in [-0.2, 0) is 16.2 Å². The van der Waals surface area contributed by atoms with Crippen molar-refractivity contribution in [3.63, 3.8) is 0 Å². The molecule has 0 fully saturated rings. The fourth-order valence-corrected chi connectivity index (χ4v) is 7.08. The van der Waals surface area contributed by atoms with Crippen LogP contribution in [0.4, 0.5) is 17.1 Å². The van der Waals surface area contributed by atoms with E-state index in [1.54, 1.807) is 6.20 Å². The summed E-state index contributed by atoms with van der Waals surface area (Å²) in [5, 5.41) is 0. The predicted octanol–water partition coefficient (Wildman–Crippen LogP) is 11.4. The van der Waals surface area contributed by atoms with E-state index in [1.807, 2.05) is 42.5 Å². The third kappa shape index (κ3) is 6.15. The molecule has 0 saturated carbocycles. The van der Waals surface area contributed by atoms with Gasteiger partial charge in [0.2, 0.25) is 5.88 Å². The highest BCUT2D eigenvalue weighted by molar-refractivity contribution is 5.83. The van der Waals surface area contributed by atoms with E-state index in [0.29, 0.717) is 17.3 Å². The van der Waals surface area contributed by atoms with Gasteiger partial charge in [0.1, 0.15) is 5.75 Å². The summed E-state index contributed by atoms with van der Waals surface area (Å²) >= 11 is 0. The van der Waals surface area contributed by atoms with Gasteiger partial charge < -0.3 is 14.5 Å². The molecule has 252 valence electrons. The summed E-state index contributed by atoms with van der Waals surface area (Å²) in [6, 6.07) is 48.2. The van der Waals surface area contributed by atoms with Gasteiger partial charge in [-0.05, 0) is 86.7 Å². The lowest BCUT2D eigenvalue weighted by atomic mass is 9.65. The van der Waals surface area contributed by atoms with Gasteiger partial charge in [-0.2, -0.15) is 0 Å². The number of pyridine rings is 1. The number of ether oxygens (including phenoxy) is 1. The van der Waals surface area contributed by atoms with Gasteiger partial charge in [0.15, 0.2) is 0 Å². The third-order valence-electron chi connectivity index (χ3n) is 9.80. The van der Waals surface area contributed by atoms with E-state index in [1.165, 1.54) is 4.90 Å². The van der Waals surface area contributed by atoms with Crippen molar-refractivity contribution < 1.29 is 8.85 Å². The fourth-order valence-electron chi connectivity index (χ4n) is 7.08. The van der Waals surface area contributed by atoms with Crippen molar-refractivity contribution in [3.8, 4) is 11.6 Å². The number of anilines is 3. The van der Waals surface area contributed by atoms with Gasteiger partial charge in [-0.15, -0.1) is 0 Å². The summed E-state index contributed by atoms with van der Waals surface area (Å²) in [7, 11) is 0. The minimum Gasteiger partial charge on any atom is -0.439 e. The zero-order valence-corrected chi connectivity index (χ0v) is 29.8. The Morgan fingerprint density at radius 3 is 1.80 bits per heavy atom. The van der Waals surface area contributed by atoms with Crippen molar-refractivity contribution in [2.24, 2.45) is 0 Å². The monoisotopic (exact) mass is 660 g/mol. The average molecular weight is 661 g/mol. The second-order valence-electron chi connectivity index (χ2n) is 15.2. The molecule has 6 aromatic rings. The topological polar surface area (TPSA) is 28.6 Å². The third-order valence-corrected chi connectivity index (χ3v) is 9.80. The Kier molecular flexibility index (Phi) is 7.59. The first-order valence-electron chi connectivity index (χ1n) is 18.8. The summed E-state index contributed by atoms with van der Waals surface area (Å²) in [5.41, 5.74) is 8.12. The molecule has 0 N–H and O–H groups in total. The summed E-state index contributed by atoms with van der Waals surface area (Å²) in [6.07, 6.45) is 1.80. The summed E-state index contributed by atoms with van der Waals surface area (Å²) < 4.78 is 31.8. The Morgan fingerprint density at radius 2 is 1.16 bits per heavy atom. The smallest absolute Gasteiger partial charge is 0.219 e. The van der Waals surface area contributed by atoms with Crippen molar-refractivity contribution in [2.75, 3.05) is 23.4 Å². The zero-order valence-electron chi connectivity index (χ0n) is 32.8. The Bertz CT molecular complexity index is 2180. The molecule has 4 nitrogen and oxygen atoms in total. The van der Waals surface area contributed by atoms with Crippen molar-refractivity contribution >= 4 is 17.1 Å². The number of benzene rings is 5. The normalized spacial score (nSPS) is 14.5. The SMILES string of the molecule is [2H]C([2H])([2H])N1CN(c2cccc(C(c3ccccc3)(c3ccccc3)c3cccc(Oc4cc(C(C)(C)C)ccn4)c3)c2)c2cc(C(C)(C)C)ccc21. The van der Waals surface area contributed by atoms with Gasteiger partial charge in [-0.25, -0.2) is 4.98 Å². The number of rotatable bonds is 7. The van der Waals surface area contributed by atoms with Crippen LogP contribution in [0, 0.1) is 0 Å². The first kappa shape index (κ1) is 29.6. The zero-order chi connectivity index (χ0) is 37.6. The highest BCUT2D eigenvalue weighted by Crippen LogP contribution is 2.48. The lowest BCUT2D eigenvalue weighted by Crippen LogP contribution is -2.31. The Morgan fingerprint density at radius 1 is 0.560 bits per heavy atom. The van der Waals surface area contributed by atoms with Crippen LogP contribution in [0.25, 0.3) is 0 Å². The van der Waals surface area contributed by atoms with E-state index < -0.39 is 12.4 Å². The van der Waals surface area contributed by atoms with E-state index in [4.69, 9.17) is 8.85 Å². The van der Waals surface area contributed by atoms with Crippen LogP contribution in [0.15, 0.2) is 146 Å². The van der Waals surface area contributed by atoms with Crippen LogP contribution in [0.5, 0.6) is 11.6 Å². The quantitative estimate of drug-likeness (QED) is 0.159. The molecule has 1 aromatic heterocycles. The van der Waals surface area contributed by atoms with E-state index >= 15 is 0 Å². The molecule has 7 rings (SSSR count). The summed E-state index contributed by atoms with van der Waals surface area (Å²) in [6.45, 7) is 11.0. The van der Waals surface area contributed by atoms with Gasteiger partial charge >= 0.3 is 0 Å². The second-order valence-corrected chi connectivity index (χ2v) is 15.2. The van der Waals surface area contributed by atoms with Crippen molar-refractivity contribution in [1.29, 1.82) is 0 Å². The predicted molar refractivity (Wildman–Crippen MR) is 208 cm³/mol. The lowest BCUT2D eigenvalue weighted by Gasteiger charge is -2.37. The number of fused-ring (bicyclic) bond motifs is 1. The molecule has 0 amide bonds. The molecular formula is C46H47N3O. The first-order chi connectivity index (χ1) is 25.2. The van der Waals surface area contributed by atoms with E-state index in [9.17, 15) is 0 Å². The first-order valence-corrected chi connectivity index (χ1v) is 17.3. The molecule has 5 aromatic carbocycles.